The minimum atomic E-state index is -0.339. The van der Waals surface area contributed by atoms with Crippen LogP contribution in [0, 0.1) is 0 Å². The number of hydrogen-bond acceptors (Lipinski definition) is 4. The minimum absolute atomic E-state index is 0. The number of rotatable bonds is 1. The molecule has 1 atom stereocenters. The Kier molecular flexibility index (Phi) is 1.81. The molecule has 1 aliphatic rings. The van der Waals surface area contributed by atoms with Gasteiger partial charge in [0, 0.05) is 26.8 Å². The number of nitrogens with zero attached hydrogens (tertiary/aromatic N) is 2. The summed E-state index contributed by atoms with van der Waals surface area (Å²) in [6.07, 6.45) is 1.84. The Morgan fingerprint density at radius 3 is 3.38 bits per heavy atom. The molecular formula is C8H13N3O2. The fraction of sp³-hybridized carbons (Fsp3) is 0.500. The van der Waals surface area contributed by atoms with Crippen LogP contribution in [0.1, 0.15) is 18.7 Å². The number of carbonyl (C=O) groups excluding carboxylic acids is 1. The summed E-state index contributed by atoms with van der Waals surface area (Å²) in [5.74, 6) is -0.258. The van der Waals surface area contributed by atoms with Gasteiger partial charge in [0.1, 0.15) is 6.04 Å². The lowest BCUT2D eigenvalue weighted by molar-refractivity contribution is -0.143. The minimum Gasteiger partial charge on any atom is -0.468 e. The van der Waals surface area contributed by atoms with Gasteiger partial charge < -0.3 is 4.74 Å². The van der Waals surface area contributed by atoms with Gasteiger partial charge >= 0.3 is 5.97 Å². The molecule has 1 aromatic heterocycles. The topological polar surface area (TPSA) is 56.1 Å². The van der Waals surface area contributed by atoms with E-state index in [2.05, 4.69) is 15.2 Å². The maximum atomic E-state index is 11.3. The molecule has 5 nitrogen and oxygen atoms in total. The highest BCUT2D eigenvalue weighted by molar-refractivity contribution is 5.78. The van der Waals surface area contributed by atoms with E-state index in [0.29, 0.717) is 6.54 Å². The van der Waals surface area contributed by atoms with Gasteiger partial charge in [-0.1, -0.05) is 0 Å². The molecular weight excluding hydrogens is 170 g/mol. The van der Waals surface area contributed by atoms with Crippen molar-refractivity contribution in [2.24, 2.45) is 7.05 Å². The summed E-state index contributed by atoms with van der Waals surface area (Å²) < 4.78 is 6.37. The number of nitrogens with one attached hydrogen (secondary N) is 1. The van der Waals surface area contributed by atoms with Crippen LogP contribution in [0.5, 0.6) is 0 Å². The Labute approximate surface area is 77.2 Å². The van der Waals surface area contributed by atoms with Crippen molar-refractivity contribution in [1.29, 1.82) is 0 Å². The quantitative estimate of drug-likeness (QED) is 0.622. The predicted molar refractivity (Wildman–Crippen MR) is 46.9 cm³/mol. The molecule has 1 unspecified atom stereocenters. The summed E-state index contributed by atoms with van der Waals surface area (Å²) >= 11 is 0. The lowest BCUT2D eigenvalue weighted by atomic mass is 10.2. The highest BCUT2D eigenvalue weighted by atomic mass is 16.5. The molecule has 2 rings (SSSR count). The molecule has 5 heteroatoms. The summed E-state index contributed by atoms with van der Waals surface area (Å²) in [5.41, 5.74) is 1.85. The Morgan fingerprint density at radius 2 is 2.69 bits per heavy atom. The first-order valence-corrected chi connectivity index (χ1v) is 4.06. The second-order valence-corrected chi connectivity index (χ2v) is 3.04. The van der Waals surface area contributed by atoms with Crippen molar-refractivity contribution in [3.05, 3.63) is 17.5 Å². The number of ether oxygens (including phenoxy) is 1. The first kappa shape index (κ1) is 8.25. The highest BCUT2D eigenvalue weighted by Crippen LogP contribution is 2.24. The Morgan fingerprint density at radius 1 is 1.92 bits per heavy atom. The van der Waals surface area contributed by atoms with E-state index in [-0.39, 0.29) is 13.4 Å². The van der Waals surface area contributed by atoms with E-state index in [0.717, 1.165) is 11.3 Å². The van der Waals surface area contributed by atoms with Crippen LogP contribution in [0.15, 0.2) is 6.20 Å². The predicted octanol–water partition coefficient (Wildman–Crippen LogP) is -0.0166. The number of aromatic nitrogens is 2. The normalized spacial score (nSPS) is 20.0. The first-order chi connectivity index (χ1) is 6.22. The van der Waals surface area contributed by atoms with Gasteiger partial charge in [0.2, 0.25) is 0 Å². The molecule has 0 aliphatic carbocycles. The number of fused-ring (bicyclic) bond motifs is 1. The molecule has 72 valence electrons. The van der Waals surface area contributed by atoms with Gasteiger partial charge in [-0.3, -0.25) is 10.00 Å². The van der Waals surface area contributed by atoms with E-state index in [1.54, 1.807) is 4.68 Å². The lowest BCUT2D eigenvalue weighted by Crippen LogP contribution is -2.23. The molecule has 0 radical (unpaired) electrons. The highest BCUT2D eigenvalue weighted by Gasteiger charge is 2.31. The van der Waals surface area contributed by atoms with Crippen molar-refractivity contribution in [1.82, 2.24) is 15.1 Å². The largest absolute Gasteiger partial charge is 0.468 e. The van der Waals surface area contributed by atoms with Crippen LogP contribution in [-0.4, -0.2) is 22.9 Å². The Hall–Kier alpha value is -1.36. The maximum Gasteiger partial charge on any atom is 0.327 e. The molecule has 1 aromatic rings. The summed E-state index contributed by atoms with van der Waals surface area (Å²) in [6.45, 7) is 0.635. The van der Waals surface area contributed by atoms with Gasteiger partial charge in [0.25, 0.3) is 0 Å². The van der Waals surface area contributed by atoms with E-state index in [1.807, 2.05) is 13.2 Å². The second-order valence-electron chi connectivity index (χ2n) is 3.04. The van der Waals surface area contributed by atoms with Crippen molar-refractivity contribution >= 4 is 5.97 Å². The molecule has 0 fully saturated rings. The zero-order valence-electron chi connectivity index (χ0n) is 7.57. The molecule has 2 heterocycles. The molecule has 1 aliphatic heterocycles. The number of aryl methyl sites for hydroxylation is 1. The zero-order valence-corrected chi connectivity index (χ0v) is 7.57. The van der Waals surface area contributed by atoms with E-state index < -0.39 is 0 Å². The van der Waals surface area contributed by atoms with Crippen LogP contribution in [-0.2, 0) is 23.1 Å². The monoisotopic (exact) mass is 183 g/mol. The average molecular weight is 183 g/mol. The molecule has 0 bridgehead atoms. The van der Waals surface area contributed by atoms with Crippen LogP contribution in [0.2, 0.25) is 0 Å². The van der Waals surface area contributed by atoms with Gasteiger partial charge in [-0.05, 0) is 0 Å². The fourth-order valence-corrected chi connectivity index (χ4v) is 1.57. The summed E-state index contributed by atoms with van der Waals surface area (Å²) in [7, 11) is 3.23. The Balaban J connectivity index is 0.000000980. The second kappa shape index (κ2) is 2.85. The van der Waals surface area contributed by atoms with E-state index in [9.17, 15) is 4.79 Å². The summed E-state index contributed by atoms with van der Waals surface area (Å²) in [4.78, 5) is 11.3. The molecule has 0 amide bonds. The first-order valence-electron chi connectivity index (χ1n) is 4.06. The van der Waals surface area contributed by atoms with Crippen LogP contribution < -0.4 is 5.32 Å². The maximum absolute atomic E-state index is 11.3. The van der Waals surface area contributed by atoms with Crippen LogP contribution >= 0.6 is 0 Å². The van der Waals surface area contributed by atoms with E-state index in [1.165, 1.54) is 7.11 Å². The van der Waals surface area contributed by atoms with Crippen LogP contribution in [0.3, 0.4) is 0 Å². The molecule has 0 spiro atoms. The number of methoxy groups -OCH3 is 1. The standard InChI is InChI=1S/C8H11N3O2.H2/c1-11-4-5-6(10-11)3-9-7(5)8(12)13-2;/h4,7,9H,3H2,1-2H3;1H. The molecule has 0 saturated heterocycles. The average Bonchev–Trinajstić information content (AvgIpc) is 2.61. The molecule has 0 aromatic carbocycles. The van der Waals surface area contributed by atoms with Crippen molar-refractivity contribution in [3.8, 4) is 0 Å². The zero-order chi connectivity index (χ0) is 9.42. The van der Waals surface area contributed by atoms with Gasteiger partial charge in [-0.15, -0.1) is 0 Å². The van der Waals surface area contributed by atoms with Gasteiger partial charge in [0.15, 0.2) is 0 Å². The number of hydrogen-bond donors (Lipinski definition) is 1. The van der Waals surface area contributed by atoms with E-state index >= 15 is 0 Å². The number of esters is 1. The summed E-state index contributed by atoms with van der Waals surface area (Å²) in [5, 5.41) is 7.23. The van der Waals surface area contributed by atoms with Crippen molar-refractivity contribution in [2.75, 3.05) is 7.11 Å². The third kappa shape index (κ3) is 1.21. The van der Waals surface area contributed by atoms with Gasteiger partial charge in [-0.25, -0.2) is 4.79 Å². The van der Waals surface area contributed by atoms with Crippen LogP contribution in [0.25, 0.3) is 0 Å². The Bertz CT molecular complexity index is 350. The fourth-order valence-electron chi connectivity index (χ4n) is 1.57. The summed E-state index contributed by atoms with van der Waals surface area (Å²) in [6, 6.07) is -0.339. The SMILES string of the molecule is COC(=O)C1NCc2nn(C)cc21.[HH]. The van der Waals surface area contributed by atoms with Gasteiger partial charge in [-0.2, -0.15) is 5.10 Å². The molecule has 0 saturated carbocycles. The van der Waals surface area contributed by atoms with Crippen LogP contribution in [0.4, 0.5) is 0 Å². The molecule has 1 N–H and O–H groups in total. The third-order valence-electron chi connectivity index (χ3n) is 2.16. The van der Waals surface area contributed by atoms with Crippen molar-refractivity contribution < 1.29 is 11.0 Å². The third-order valence-corrected chi connectivity index (χ3v) is 2.16. The number of carbonyl (C=O) groups is 1. The van der Waals surface area contributed by atoms with Crippen molar-refractivity contribution in [2.45, 2.75) is 12.6 Å². The van der Waals surface area contributed by atoms with E-state index in [4.69, 9.17) is 0 Å². The van der Waals surface area contributed by atoms with Gasteiger partial charge in [0.05, 0.1) is 12.8 Å². The molecule has 13 heavy (non-hydrogen) atoms. The lowest BCUT2D eigenvalue weighted by Gasteiger charge is -2.07. The van der Waals surface area contributed by atoms with Crippen molar-refractivity contribution in [3.63, 3.8) is 0 Å². The smallest absolute Gasteiger partial charge is 0.327 e.